The Morgan fingerprint density at radius 3 is 2.71 bits per heavy atom. The summed E-state index contributed by atoms with van der Waals surface area (Å²) >= 11 is 1.28. The fourth-order valence-corrected chi connectivity index (χ4v) is 1.78. The molecule has 1 aromatic heterocycles. The number of nitrogens with zero attached hydrogens (tertiary/aromatic N) is 1. The zero-order valence-electron chi connectivity index (χ0n) is 10.8. The van der Waals surface area contributed by atoms with E-state index in [0.29, 0.717) is 18.1 Å². The van der Waals surface area contributed by atoms with Gasteiger partial charge in [-0.05, 0) is 25.4 Å². The molecule has 0 amide bonds. The minimum Gasteiger partial charge on any atom is -0.484 e. The fourth-order valence-electron chi connectivity index (χ4n) is 1.13. The molecule has 0 unspecified atom stereocenters. The molecule has 0 bridgehead atoms. The SMILES string of the molecule is CC(C)Oc1c(N)nsc1NCC(C)(C)CO. The Morgan fingerprint density at radius 2 is 2.18 bits per heavy atom. The van der Waals surface area contributed by atoms with Gasteiger partial charge >= 0.3 is 0 Å². The number of ether oxygens (including phenoxy) is 1. The summed E-state index contributed by atoms with van der Waals surface area (Å²) in [4.78, 5) is 0. The highest BCUT2D eigenvalue weighted by Crippen LogP contribution is 2.36. The summed E-state index contributed by atoms with van der Waals surface area (Å²) in [5.74, 6) is 1.02. The first kappa shape index (κ1) is 14.1. The lowest BCUT2D eigenvalue weighted by atomic mass is 9.95. The van der Waals surface area contributed by atoms with Crippen molar-refractivity contribution < 1.29 is 9.84 Å². The van der Waals surface area contributed by atoms with Crippen molar-refractivity contribution >= 4 is 22.4 Å². The van der Waals surface area contributed by atoms with Crippen LogP contribution in [0.5, 0.6) is 5.75 Å². The van der Waals surface area contributed by atoms with Gasteiger partial charge in [0.25, 0.3) is 0 Å². The second kappa shape index (κ2) is 5.55. The monoisotopic (exact) mass is 259 g/mol. The van der Waals surface area contributed by atoms with Gasteiger partial charge in [0.15, 0.2) is 16.6 Å². The molecule has 1 heterocycles. The number of hydrogen-bond donors (Lipinski definition) is 3. The third kappa shape index (κ3) is 4.05. The maximum atomic E-state index is 9.18. The van der Waals surface area contributed by atoms with Crippen LogP contribution in [-0.2, 0) is 0 Å². The summed E-state index contributed by atoms with van der Waals surface area (Å²) in [6.45, 7) is 8.60. The van der Waals surface area contributed by atoms with Crippen molar-refractivity contribution in [2.24, 2.45) is 5.41 Å². The number of nitrogens with two attached hydrogens (primary N) is 1. The Morgan fingerprint density at radius 1 is 1.53 bits per heavy atom. The van der Waals surface area contributed by atoms with Gasteiger partial charge in [-0.2, -0.15) is 4.37 Å². The van der Waals surface area contributed by atoms with E-state index in [1.807, 2.05) is 27.7 Å². The van der Waals surface area contributed by atoms with E-state index in [-0.39, 0.29) is 18.1 Å². The molecule has 0 aromatic carbocycles. The molecular formula is C11H21N3O2S. The predicted molar refractivity (Wildman–Crippen MR) is 71.6 cm³/mol. The number of aliphatic hydroxyl groups excluding tert-OH is 1. The van der Waals surface area contributed by atoms with Crippen LogP contribution in [0.4, 0.5) is 10.8 Å². The molecule has 1 aromatic rings. The highest BCUT2D eigenvalue weighted by atomic mass is 32.1. The molecular weight excluding hydrogens is 238 g/mol. The average Bonchev–Trinajstić information content (AvgIpc) is 2.57. The first-order chi connectivity index (χ1) is 7.85. The van der Waals surface area contributed by atoms with Crippen LogP contribution in [0.3, 0.4) is 0 Å². The van der Waals surface area contributed by atoms with Crippen molar-refractivity contribution in [2.75, 3.05) is 24.2 Å². The average molecular weight is 259 g/mol. The minimum atomic E-state index is -0.187. The van der Waals surface area contributed by atoms with Gasteiger partial charge in [0.1, 0.15) is 0 Å². The van der Waals surface area contributed by atoms with Gasteiger partial charge in [-0.15, -0.1) is 0 Å². The molecule has 17 heavy (non-hydrogen) atoms. The largest absolute Gasteiger partial charge is 0.484 e. The van der Waals surface area contributed by atoms with E-state index < -0.39 is 0 Å². The van der Waals surface area contributed by atoms with E-state index >= 15 is 0 Å². The molecule has 4 N–H and O–H groups in total. The van der Waals surface area contributed by atoms with Crippen LogP contribution < -0.4 is 15.8 Å². The molecule has 0 aliphatic carbocycles. The van der Waals surface area contributed by atoms with Gasteiger partial charge in [0.05, 0.1) is 6.10 Å². The summed E-state index contributed by atoms with van der Waals surface area (Å²) in [5.41, 5.74) is 5.56. The molecule has 0 saturated carbocycles. The Labute approximate surface area is 106 Å². The quantitative estimate of drug-likeness (QED) is 0.727. The van der Waals surface area contributed by atoms with Gasteiger partial charge in [0, 0.05) is 18.6 Å². The Hall–Kier alpha value is -1.01. The Balaban J connectivity index is 2.71. The molecule has 0 aliphatic rings. The molecule has 1 rings (SSSR count). The van der Waals surface area contributed by atoms with Crippen molar-refractivity contribution in [3.05, 3.63) is 0 Å². The summed E-state index contributed by atoms with van der Waals surface area (Å²) < 4.78 is 9.68. The number of rotatable bonds is 6. The minimum absolute atomic E-state index is 0.0557. The van der Waals surface area contributed by atoms with Crippen molar-refractivity contribution in [1.29, 1.82) is 0 Å². The third-order valence-corrected chi connectivity index (χ3v) is 2.98. The Bertz CT molecular complexity index is 364. The van der Waals surface area contributed by atoms with Crippen LogP contribution in [0.2, 0.25) is 0 Å². The van der Waals surface area contributed by atoms with Gasteiger partial charge in [-0.3, -0.25) is 0 Å². The lowest BCUT2D eigenvalue weighted by molar-refractivity contribution is 0.170. The summed E-state index contributed by atoms with van der Waals surface area (Å²) in [6, 6.07) is 0. The summed E-state index contributed by atoms with van der Waals surface area (Å²) in [6.07, 6.45) is 0.0557. The number of anilines is 2. The standard InChI is InChI=1S/C11H21N3O2S/c1-7(2)16-8-9(12)14-17-10(8)13-5-11(3,4)6-15/h7,13,15H,5-6H2,1-4H3,(H2,12,14). The molecule has 98 valence electrons. The Kier molecular flexibility index (Phi) is 4.59. The predicted octanol–water partition coefficient (Wildman–Crippen LogP) is 1.94. The molecule has 5 nitrogen and oxygen atoms in total. The van der Waals surface area contributed by atoms with E-state index in [1.165, 1.54) is 11.5 Å². The van der Waals surface area contributed by atoms with Gasteiger partial charge in [0.2, 0.25) is 0 Å². The van der Waals surface area contributed by atoms with Crippen LogP contribution in [0.1, 0.15) is 27.7 Å². The number of aromatic nitrogens is 1. The van der Waals surface area contributed by atoms with Gasteiger partial charge in [-0.1, -0.05) is 13.8 Å². The van der Waals surface area contributed by atoms with Crippen molar-refractivity contribution in [1.82, 2.24) is 4.37 Å². The molecule has 0 radical (unpaired) electrons. The van der Waals surface area contributed by atoms with Gasteiger partial charge < -0.3 is 20.9 Å². The first-order valence-corrected chi connectivity index (χ1v) is 6.39. The molecule has 0 spiro atoms. The second-order valence-corrected chi connectivity index (χ2v) is 5.84. The number of nitrogen functional groups attached to an aromatic ring is 1. The third-order valence-electron chi connectivity index (χ3n) is 2.18. The number of hydrogen-bond acceptors (Lipinski definition) is 6. The van der Waals surface area contributed by atoms with E-state index in [2.05, 4.69) is 9.69 Å². The molecule has 0 saturated heterocycles. The molecule has 0 aliphatic heterocycles. The van der Waals surface area contributed by atoms with E-state index in [4.69, 9.17) is 10.5 Å². The normalized spacial score (nSPS) is 11.9. The van der Waals surface area contributed by atoms with Crippen LogP contribution in [-0.4, -0.2) is 28.7 Å². The van der Waals surface area contributed by atoms with E-state index in [9.17, 15) is 5.11 Å². The van der Waals surface area contributed by atoms with Crippen molar-refractivity contribution in [2.45, 2.75) is 33.8 Å². The van der Waals surface area contributed by atoms with Crippen molar-refractivity contribution in [3.63, 3.8) is 0 Å². The number of nitrogens with one attached hydrogen (secondary N) is 1. The zero-order chi connectivity index (χ0) is 13.1. The highest BCUT2D eigenvalue weighted by Gasteiger charge is 2.19. The zero-order valence-corrected chi connectivity index (χ0v) is 11.6. The summed E-state index contributed by atoms with van der Waals surface area (Å²) in [7, 11) is 0. The topological polar surface area (TPSA) is 80.4 Å². The second-order valence-electron chi connectivity index (χ2n) is 5.07. The van der Waals surface area contributed by atoms with Crippen LogP contribution in [0.25, 0.3) is 0 Å². The first-order valence-electron chi connectivity index (χ1n) is 5.62. The van der Waals surface area contributed by atoms with Crippen LogP contribution in [0.15, 0.2) is 0 Å². The lowest BCUT2D eigenvalue weighted by Crippen LogP contribution is -2.26. The maximum absolute atomic E-state index is 9.18. The highest BCUT2D eigenvalue weighted by molar-refractivity contribution is 7.11. The molecule has 6 heteroatoms. The number of aliphatic hydroxyl groups is 1. The fraction of sp³-hybridized carbons (Fsp3) is 0.727. The molecule has 0 fully saturated rings. The molecule has 0 atom stereocenters. The van der Waals surface area contributed by atoms with Crippen molar-refractivity contribution in [3.8, 4) is 5.75 Å². The van der Waals surface area contributed by atoms with E-state index in [0.717, 1.165) is 5.00 Å². The van der Waals surface area contributed by atoms with E-state index in [1.54, 1.807) is 0 Å². The van der Waals surface area contributed by atoms with Crippen LogP contribution in [0, 0.1) is 5.41 Å². The van der Waals surface area contributed by atoms with Crippen LogP contribution >= 0.6 is 11.5 Å². The maximum Gasteiger partial charge on any atom is 0.197 e. The summed E-state index contributed by atoms with van der Waals surface area (Å²) in [5, 5.41) is 13.2. The van der Waals surface area contributed by atoms with Gasteiger partial charge in [-0.25, -0.2) is 0 Å². The smallest absolute Gasteiger partial charge is 0.197 e. The lowest BCUT2D eigenvalue weighted by Gasteiger charge is -2.22.